The summed E-state index contributed by atoms with van der Waals surface area (Å²) in [7, 11) is 0. The molecular formula is C13H10ClN5O. The van der Waals surface area contributed by atoms with Crippen LogP contribution >= 0.6 is 11.6 Å². The molecule has 100 valence electrons. The number of nitrogen functional groups attached to an aromatic ring is 1. The molecule has 3 aromatic rings. The molecule has 1 aromatic carbocycles. The Labute approximate surface area is 119 Å². The fraction of sp³-hybridized carbons (Fsp3) is 0.0769. The number of hydrogen-bond donors (Lipinski definition) is 1. The number of benzene rings is 1. The zero-order valence-corrected chi connectivity index (χ0v) is 11.1. The molecule has 0 radical (unpaired) electrons. The predicted molar refractivity (Wildman–Crippen MR) is 74.0 cm³/mol. The molecule has 2 N–H and O–H groups in total. The molecule has 7 heteroatoms. The summed E-state index contributed by atoms with van der Waals surface area (Å²) in [6.45, 7) is 0. The Kier molecular flexibility index (Phi) is 3.30. The fourth-order valence-electron chi connectivity index (χ4n) is 1.77. The average molecular weight is 288 g/mol. The molecule has 0 atom stereocenters. The zero-order valence-electron chi connectivity index (χ0n) is 10.3. The molecule has 0 unspecified atom stereocenters. The van der Waals surface area contributed by atoms with Gasteiger partial charge in [-0.2, -0.15) is 4.98 Å². The van der Waals surface area contributed by atoms with Crippen LogP contribution in [0.5, 0.6) is 0 Å². The van der Waals surface area contributed by atoms with Crippen LogP contribution in [-0.2, 0) is 6.42 Å². The van der Waals surface area contributed by atoms with Crippen molar-refractivity contribution >= 4 is 17.4 Å². The summed E-state index contributed by atoms with van der Waals surface area (Å²) < 4.78 is 5.16. The molecule has 0 saturated heterocycles. The maximum absolute atomic E-state index is 5.93. The van der Waals surface area contributed by atoms with Gasteiger partial charge in [0.15, 0.2) is 17.3 Å². The molecule has 0 saturated carbocycles. The van der Waals surface area contributed by atoms with Gasteiger partial charge in [0.2, 0.25) is 0 Å². The van der Waals surface area contributed by atoms with Gasteiger partial charge < -0.3 is 10.3 Å². The van der Waals surface area contributed by atoms with E-state index in [2.05, 4.69) is 20.1 Å². The molecule has 6 nitrogen and oxygen atoms in total. The van der Waals surface area contributed by atoms with E-state index in [1.165, 1.54) is 12.4 Å². The summed E-state index contributed by atoms with van der Waals surface area (Å²) >= 11 is 5.93. The van der Waals surface area contributed by atoms with Crippen LogP contribution < -0.4 is 5.73 Å². The lowest BCUT2D eigenvalue weighted by Gasteiger charge is -1.97. The van der Waals surface area contributed by atoms with Gasteiger partial charge in [-0.25, -0.2) is 9.97 Å². The van der Waals surface area contributed by atoms with E-state index in [-0.39, 0.29) is 11.7 Å². The minimum absolute atomic E-state index is 0.255. The van der Waals surface area contributed by atoms with Crippen molar-refractivity contribution in [3.8, 4) is 11.6 Å². The smallest absolute Gasteiger partial charge is 0.280 e. The lowest BCUT2D eigenvalue weighted by molar-refractivity contribution is 0.422. The Hall–Kier alpha value is -2.47. The van der Waals surface area contributed by atoms with Gasteiger partial charge in [-0.1, -0.05) is 28.9 Å². The second-order valence-electron chi connectivity index (χ2n) is 4.11. The van der Waals surface area contributed by atoms with E-state index in [0.717, 1.165) is 5.56 Å². The molecule has 2 heterocycles. The number of anilines is 1. The number of halogens is 1. The van der Waals surface area contributed by atoms with Crippen LogP contribution in [0.25, 0.3) is 11.6 Å². The van der Waals surface area contributed by atoms with Crippen LogP contribution in [-0.4, -0.2) is 20.1 Å². The first-order chi connectivity index (χ1) is 9.72. The van der Waals surface area contributed by atoms with Crippen molar-refractivity contribution in [2.45, 2.75) is 6.42 Å². The first-order valence-electron chi connectivity index (χ1n) is 5.86. The highest BCUT2D eigenvalue weighted by Crippen LogP contribution is 2.20. The molecule has 20 heavy (non-hydrogen) atoms. The van der Waals surface area contributed by atoms with E-state index in [1.54, 1.807) is 0 Å². The third-order valence-corrected chi connectivity index (χ3v) is 2.88. The van der Waals surface area contributed by atoms with Crippen LogP contribution in [0.4, 0.5) is 5.82 Å². The second kappa shape index (κ2) is 5.26. The summed E-state index contributed by atoms with van der Waals surface area (Å²) in [6.07, 6.45) is 3.54. The van der Waals surface area contributed by atoms with Gasteiger partial charge in [-0.15, -0.1) is 0 Å². The monoisotopic (exact) mass is 287 g/mol. The third kappa shape index (κ3) is 2.60. The van der Waals surface area contributed by atoms with Crippen molar-refractivity contribution < 1.29 is 4.52 Å². The first kappa shape index (κ1) is 12.6. The average Bonchev–Trinajstić information content (AvgIpc) is 2.87. The summed E-state index contributed by atoms with van der Waals surface area (Å²) in [5.74, 6) is 1.05. The first-order valence-corrected chi connectivity index (χ1v) is 6.24. The lowest BCUT2D eigenvalue weighted by Crippen LogP contribution is -1.96. The Morgan fingerprint density at radius 3 is 2.85 bits per heavy atom. The Morgan fingerprint density at radius 1 is 1.20 bits per heavy atom. The quantitative estimate of drug-likeness (QED) is 0.795. The summed E-state index contributed by atoms with van der Waals surface area (Å²) in [5.41, 5.74) is 7.10. The van der Waals surface area contributed by atoms with Crippen LogP contribution in [0.3, 0.4) is 0 Å². The molecule has 0 fully saturated rings. The molecule has 3 rings (SSSR count). The fourth-order valence-corrected chi connectivity index (χ4v) is 1.98. The van der Waals surface area contributed by atoms with E-state index in [4.69, 9.17) is 21.9 Å². The van der Waals surface area contributed by atoms with E-state index >= 15 is 0 Å². The maximum atomic E-state index is 5.93. The molecule has 0 bridgehead atoms. The largest absolute Gasteiger partial charge is 0.382 e. The van der Waals surface area contributed by atoms with E-state index in [1.807, 2.05) is 24.3 Å². The zero-order chi connectivity index (χ0) is 13.9. The van der Waals surface area contributed by atoms with Crippen LogP contribution in [0.15, 0.2) is 41.2 Å². The predicted octanol–water partition coefficient (Wildman–Crippen LogP) is 2.35. The number of aromatic nitrogens is 4. The lowest BCUT2D eigenvalue weighted by atomic mass is 10.1. The van der Waals surface area contributed by atoms with Crippen molar-refractivity contribution in [2.75, 3.05) is 5.73 Å². The number of hydrogen-bond acceptors (Lipinski definition) is 6. The molecule has 0 amide bonds. The van der Waals surface area contributed by atoms with Gasteiger partial charge in [0.1, 0.15) is 0 Å². The van der Waals surface area contributed by atoms with Gasteiger partial charge in [0, 0.05) is 23.8 Å². The second-order valence-corrected chi connectivity index (χ2v) is 4.55. The highest BCUT2D eigenvalue weighted by atomic mass is 35.5. The van der Waals surface area contributed by atoms with E-state index in [9.17, 15) is 0 Å². The van der Waals surface area contributed by atoms with Gasteiger partial charge in [-0.3, -0.25) is 0 Å². The van der Waals surface area contributed by atoms with Crippen molar-refractivity contribution in [1.82, 2.24) is 20.1 Å². The van der Waals surface area contributed by atoms with Crippen molar-refractivity contribution in [3.05, 3.63) is 53.1 Å². The Bertz CT molecular complexity index is 743. The highest BCUT2D eigenvalue weighted by Gasteiger charge is 2.13. The molecule has 2 aromatic heterocycles. The molecule has 0 spiro atoms. The minimum Gasteiger partial charge on any atom is -0.382 e. The van der Waals surface area contributed by atoms with Gasteiger partial charge in [0.25, 0.3) is 5.89 Å². The van der Waals surface area contributed by atoms with Gasteiger partial charge in [0.05, 0.1) is 0 Å². The van der Waals surface area contributed by atoms with Crippen molar-refractivity contribution in [2.24, 2.45) is 0 Å². The highest BCUT2D eigenvalue weighted by molar-refractivity contribution is 6.30. The van der Waals surface area contributed by atoms with E-state index in [0.29, 0.717) is 23.0 Å². The normalized spacial score (nSPS) is 10.7. The maximum Gasteiger partial charge on any atom is 0.280 e. The number of rotatable bonds is 3. The van der Waals surface area contributed by atoms with Crippen LogP contribution in [0.1, 0.15) is 11.4 Å². The van der Waals surface area contributed by atoms with Crippen LogP contribution in [0.2, 0.25) is 5.02 Å². The number of nitrogens with two attached hydrogens (primary N) is 1. The summed E-state index contributed by atoms with van der Waals surface area (Å²) in [5, 5.41) is 4.58. The van der Waals surface area contributed by atoms with Crippen LogP contribution in [0, 0.1) is 0 Å². The molecule has 0 aliphatic heterocycles. The molecular weight excluding hydrogens is 278 g/mol. The Balaban J connectivity index is 1.86. The topological polar surface area (TPSA) is 90.7 Å². The van der Waals surface area contributed by atoms with E-state index < -0.39 is 0 Å². The molecule has 0 aliphatic carbocycles. The number of nitrogens with zero attached hydrogens (tertiary/aromatic N) is 4. The van der Waals surface area contributed by atoms with Crippen molar-refractivity contribution in [1.29, 1.82) is 0 Å². The SMILES string of the molecule is Nc1nccnc1-c1nc(Cc2cccc(Cl)c2)no1. The van der Waals surface area contributed by atoms with Gasteiger partial charge in [-0.05, 0) is 17.7 Å². The van der Waals surface area contributed by atoms with Crippen molar-refractivity contribution in [3.63, 3.8) is 0 Å². The Morgan fingerprint density at radius 2 is 2.05 bits per heavy atom. The minimum atomic E-state index is 0.255. The summed E-state index contributed by atoms with van der Waals surface area (Å²) in [6, 6.07) is 7.49. The third-order valence-electron chi connectivity index (χ3n) is 2.65. The standard InChI is InChI=1S/C13H10ClN5O/c14-9-3-1-2-8(6-9)7-10-18-13(20-19-10)11-12(15)17-5-4-16-11/h1-6H,7H2,(H2,15,17). The summed E-state index contributed by atoms with van der Waals surface area (Å²) in [4.78, 5) is 12.3. The molecule has 0 aliphatic rings. The van der Waals surface area contributed by atoms with Gasteiger partial charge >= 0.3 is 0 Å².